The number of aryl methyl sites for hydroxylation is 3. The first kappa shape index (κ1) is 21.1. The van der Waals surface area contributed by atoms with Crippen LogP contribution in [0.3, 0.4) is 0 Å². The minimum atomic E-state index is -0.0817. The van der Waals surface area contributed by atoms with Crippen LogP contribution in [0.2, 0.25) is 0 Å². The van der Waals surface area contributed by atoms with E-state index in [0.717, 1.165) is 41.0 Å². The van der Waals surface area contributed by atoms with Crippen LogP contribution in [0.5, 0.6) is 5.75 Å². The Kier molecular flexibility index (Phi) is 6.07. The molecule has 0 spiro atoms. The van der Waals surface area contributed by atoms with Crippen LogP contribution < -0.4 is 9.64 Å². The summed E-state index contributed by atoms with van der Waals surface area (Å²) >= 11 is 0. The Labute approximate surface area is 183 Å². The second kappa shape index (κ2) is 8.92. The first-order chi connectivity index (χ1) is 15.0. The summed E-state index contributed by atoms with van der Waals surface area (Å²) in [6.45, 7) is 9.60. The van der Waals surface area contributed by atoms with E-state index in [4.69, 9.17) is 9.26 Å². The Morgan fingerprint density at radius 3 is 2.52 bits per heavy atom. The molecule has 4 rings (SSSR count). The van der Waals surface area contributed by atoms with Crippen molar-refractivity contribution in [3.05, 3.63) is 58.9 Å². The van der Waals surface area contributed by atoms with Crippen molar-refractivity contribution in [2.45, 2.75) is 52.9 Å². The van der Waals surface area contributed by atoms with Crippen LogP contribution in [0.1, 0.15) is 54.6 Å². The maximum absolute atomic E-state index is 12.8. The largest absolute Gasteiger partial charge is 0.494 e. The van der Waals surface area contributed by atoms with E-state index in [2.05, 4.69) is 50.0 Å². The number of carbonyl (C=O) groups is 1. The standard InChI is InChI=1S/C25H29N3O3/c1-5-6-11-30-21-9-7-19(8-10-21)25-26-24(27-31-25)20-14-22(29)28(15-20)23-17(3)12-16(2)13-18(23)4/h7-10,12-13,20H,5-6,11,14-15H2,1-4H3. The van der Waals surface area contributed by atoms with Crippen molar-refractivity contribution in [3.63, 3.8) is 0 Å². The number of unbranched alkanes of at least 4 members (excludes halogenated alkanes) is 1. The average molecular weight is 420 g/mol. The van der Waals surface area contributed by atoms with Crippen LogP contribution in [0.4, 0.5) is 5.69 Å². The monoisotopic (exact) mass is 419 g/mol. The molecule has 1 aromatic heterocycles. The minimum Gasteiger partial charge on any atom is -0.494 e. The highest BCUT2D eigenvalue weighted by Crippen LogP contribution is 2.35. The van der Waals surface area contributed by atoms with Gasteiger partial charge in [0.15, 0.2) is 5.82 Å². The minimum absolute atomic E-state index is 0.0817. The van der Waals surface area contributed by atoms with Gasteiger partial charge < -0.3 is 14.2 Å². The zero-order chi connectivity index (χ0) is 22.0. The Morgan fingerprint density at radius 1 is 1.13 bits per heavy atom. The van der Waals surface area contributed by atoms with Gasteiger partial charge in [0, 0.05) is 30.1 Å². The third-order valence-corrected chi connectivity index (χ3v) is 5.71. The number of anilines is 1. The Morgan fingerprint density at radius 2 is 1.84 bits per heavy atom. The van der Waals surface area contributed by atoms with Gasteiger partial charge in [-0.2, -0.15) is 4.98 Å². The highest BCUT2D eigenvalue weighted by atomic mass is 16.5. The topological polar surface area (TPSA) is 68.5 Å². The van der Waals surface area contributed by atoms with Crippen LogP contribution >= 0.6 is 0 Å². The molecule has 1 atom stereocenters. The van der Waals surface area contributed by atoms with E-state index in [1.165, 1.54) is 5.56 Å². The summed E-state index contributed by atoms with van der Waals surface area (Å²) in [4.78, 5) is 19.3. The summed E-state index contributed by atoms with van der Waals surface area (Å²) in [5, 5.41) is 4.18. The van der Waals surface area contributed by atoms with Gasteiger partial charge in [-0.3, -0.25) is 4.79 Å². The maximum Gasteiger partial charge on any atom is 0.257 e. The van der Waals surface area contributed by atoms with Gasteiger partial charge in [0.05, 0.1) is 6.61 Å². The van der Waals surface area contributed by atoms with Crippen molar-refractivity contribution in [2.24, 2.45) is 0 Å². The molecule has 0 radical (unpaired) electrons. The van der Waals surface area contributed by atoms with Gasteiger partial charge in [0.25, 0.3) is 5.89 Å². The molecule has 0 saturated carbocycles. The lowest BCUT2D eigenvalue weighted by molar-refractivity contribution is -0.117. The number of benzene rings is 2. The molecule has 1 amide bonds. The molecule has 1 aliphatic rings. The molecule has 1 fully saturated rings. The number of nitrogens with zero attached hydrogens (tertiary/aromatic N) is 3. The molecular weight excluding hydrogens is 390 g/mol. The van der Waals surface area contributed by atoms with Crippen molar-refractivity contribution in [3.8, 4) is 17.2 Å². The third kappa shape index (κ3) is 4.48. The molecule has 162 valence electrons. The van der Waals surface area contributed by atoms with Gasteiger partial charge in [-0.1, -0.05) is 36.2 Å². The van der Waals surface area contributed by atoms with Gasteiger partial charge in [-0.15, -0.1) is 0 Å². The molecule has 6 heteroatoms. The second-order valence-electron chi connectivity index (χ2n) is 8.34. The first-order valence-electron chi connectivity index (χ1n) is 10.9. The van der Waals surface area contributed by atoms with Crippen LogP contribution in [0.15, 0.2) is 40.9 Å². The van der Waals surface area contributed by atoms with Crippen LogP contribution in [0.25, 0.3) is 11.5 Å². The summed E-state index contributed by atoms with van der Waals surface area (Å²) in [7, 11) is 0. The lowest BCUT2D eigenvalue weighted by atomic mass is 10.0. The number of carbonyl (C=O) groups excluding carboxylic acids is 1. The Bertz CT molecular complexity index is 1050. The molecule has 0 aliphatic carbocycles. The molecule has 0 N–H and O–H groups in total. The smallest absolute Gasteiger partial charge is 0.257 e. The van der Waals surface area contributed by atoms with E-state index >= 15 is 0 Å². The van der Waals surface area contributed by atoms with Crippen LogP contribution in [0, 0.1) is 20.8 Å². The summed E-state index contributed by atoms with van der Waals surface area (Å²) < 4.78 is 11.2. The number of hydrogen-bond acceptors (Lipinski definition) is 5. The maximum atomic E-state index is 12.8. The van der Waals surface area contributed by atoms with Crippen molar-refractivity contribution < 1.29 is 14.1 Å². The van der Waals surface area contributed by atoms with Gasteiger partial charge >= 0.3 is 0 Å². The fourth-order valence-electron chi connectivity index (χ4n) is 4.24. The predicted molar refractivity (Wildman–Crippen MR) is 121 cm³/mol. The zero-order valence-corrected chi connectivity index (χ0v) is 18.6. The summed E-state index contributed by atoms with van der Waals surface area (Å²) in [6.07, 6.45) is 2.52. The number of amides is 1. The molecular formula is C25H29N3O3. The van der Waals surface area contributed by atoms with Crippen LogP contribution in [-0.2, 0) is 4.79 Å². The van der Waals surface area contributed by atoms with Gasteiger partial charge in [0.1, 0.15) is 5.75 Å². The SMILES string of the molecule is CCCCOc1ccc(-c2nc(C3CC(=O)N(c4c(C)cc(C)cc4C)C3)no2)cc1. The number of ether oxygens (including phenoxy) is 1. The highest BCUT2D eigenvalue weighted by molar-refractivity contribution is 5.97. The van der Waals surface area contributed by atoms with E-state index in [9.17, 15) is 4.79 Å². The van der Waals surface area contributed by atoms with Crippen LogP contribution in [-0.4, -0.2) is 29.2 Å². The summed E-state index contributed by atoms with van der Waals surface area (Å²) in [6, 6.07) is 11.9. The predicted octanol–water partition coefficient (Wildman–Crippen LogP) is 5.36. The lowest BCUT2D eigenvalue weighted by Gasteiger charge is -2.22. The number of aromatic nitrogens is 2. The zero-order valence-electron chi connectivity index (χ0n) is 18.6. The van der Waals surface area contributed by atoms with Crippen molar-refractivity contribution in [1.82, 2.24) is 10.1 Å². The lowest BCUT2D eigenvalue weighted by Crippen LogP contribution is -2.26. The van der Waals surface area contributed by atoms with E-state index in [-0.39, 0.29) is 11.8 Å². The van der Waals surface area contributed by atoms with E-state index in [0.29, 0.717) is 31.3 Å². The molecule has 3 aromatic rings. The number of rotatable bonds is 7. The number of hydrogen-bond donors (Lipinski definition) is 0. The summed E-state index contributed by atoms with van der Waals surface area (Å²) in [5.74, 6) is 1.89. The summed E-state index contributed by atoms with van der Waals surface area (Å²) in [5.41, 5.74) is 5.27. The van der Waals surface area contributed by atoms with Gasteiger partial charge in [0.2, 0.25) is 5.91 Å². The highest BCUT2D eigenvalue weighted by Gasteiger charge is 2.35. The van der Waals surface area contributed by atoms with E-state index in [1.807, 2.05) is 29.2 Å². The molecule has 1 saturated heterocycles. The van der Waals surface area contributed by atoms with Crippen molar-refractivity contribution in [2.75, 3.05) is 18.1 Å². The molecule has 2 heterocycles. The quantitative estimate of drug-likeness (QED) is 0.482. The molecule has 6 nitrogen and oxygen atoms in total. The fourth-order valence-corrected chi connectivity index (χ4v) is 4.24. The molecule has 1 aliphatic heterocycles. The molecule has 0 bridgehead atoms. The Balaban J connectivity index is 1.48. The van der Waals surface area contributed by atoms with E-state index < -0.39 is 0 Å². The molecule has 2 aromatic carbocycles. The molecule has 31 heavy (non-hydrogen) atoms. The average Bonchev–Trinajstić information content (AvgIpc) is 3.36. The van der Waals surface area contributed by atoms with Gasteiger partial charge in [-0.05, 0) is 62.6 Å². The second-order valence-corrected chi connectivity index (χ2v) is 8.34. The fraction of sp³-hybridized carbons (Fsp3) is 0.400. The molecule has 1 unspecified atom stereocenters. The first-order valence-corrected chi connectivity index (χ1v) is 10.9. The van der Waals surface area contributed by atoms with E-state index in [1.54, 1.807) is 0 Å². The van der Waals surface area contributed by atoms with Gasteiger partial charge in [-0.25, -0.2) is 0 Å². The van der Waals surface area contributed by atoms with Crippen molar-refractivity contribution in [1.29, 1.82) is 0 Å². The Hall–Kier alpha value is -3.15. The van der Waals surface area contributed by atoms with Crippen molar-refractivity contribution >= 4 is 11.6 Å². The normalized spacial score (nSPS) is 16.2. The third-order valence-electron chi connectivity index (χ3n) is 5.71.